The van der Waals surface area contributed by atoms with Crippen LogP contribution in [0.2, 0.25) is 5.02 Å². The fourth-order valence-electron chi connectivity index (χ4n) is 4.90. The van der Waals surface area contributed by atoms with E-state index in [9.17, 15) is 9.18 Å². The molecule has 0 radical (unpaired) electrons. The summed E-state index contributed by atoms with van der Waals surface area (Å²) in [5, 5.41) is 2.85. The van der Waals surface area contributed by atoms with Crippen molar-refractivity contribution in [1.82, 2.24) is 9.80 Å². The Balaban J connectivity index is 0.00000306. The molecule has 1 atom stereocenters. The van der Waals surface area contributed by atoms with Gasteiger partial charge in [-0.15, -0.1) is 12.4 Å². The van der Waals surface area contributed by atoms with Crippen molar-refractivity contribution < 1.29 is 9.18 Å². The minimum absolute atomic E-state index is 0. The van der Waals surface area contributed by atoms with Gasteiger partial charge in [0.1, 0.15) is 5.82 Å². The second kappa shape index (κ2) is 10.4. The Labute approximate surface area is 206 Å². The zero-order valence-corrected chi connectivity index (χ0v) is 20.9. The summed E-state index contributed by atoms with van der Waals surface area (Å²) in [5.74, 6) is -0.155. The Bertz CT molecular complexity index is 1110. The van der Waals surface area contributed by atoms with Crippen LogP contribution >= 0.6 is 24.0 Å². The number of hydrogen-bond acceptors (Lipinski definition) is 2. The van der Waals surface area contributed by atoms with Gasteiger partial charge < -0.3 is 9.80 Å². The van der Waals surface area contributed by atoms with Crippen molar-refractivity contribution in [2.45, 2.75) is 37.6 Å². The molecule has 3 aromatic rings. The summed E-state index contributed by atoms with van der Waals surface area (Å²) in [6.07, 6.45) is 2.16. The molecule has 1 heterocycles. The van der Waals surface area contributed by atoms with Crippen LogP contribution in [0.5, 0.6) is 0 Å². The number of benzene rings is 3. The van der Waals surface area contributed by atoms with E-state index in [1.807, 2.05) is 54.4 Å². The third-order valence-electron chi connectivity index (χ3n) is 7.17. The van der Waals surface area contributed by atoms with Crippen LogP contribution in [0.1, 0.15) is 43.4 Å². The zero-order chi connectivity index (χ0) is 22.9. The van der Waals surface area contributed by atoms with E-state index in [-0.39, 0.29) is 35.6 Å². The molecule has 3 nitrogen and oxygen atoms in total. The molecule has 1 unspecified atom stereocenters. The lowest BCUT2D eigenvalue weighted by Gasteiger charge is -2.42. The van der Waals surface area contributed by atoms with Crippen molar-refractivity contribution in [3.05, 3.63) is 82.6 Å². The van der Waals surface area contributed by atoms with Gasteiger partial charge in [0.05, 0.1) is 6.04 Å². The fourth-order valence-corrected chi connectivity index (χ4v) is 5.14. The molecule has 0 N–H and O–H groups in total. The van der Waals surface area contributed by atoms with Gasteiger partial charge in [-0.1, -0.05) is 48.0 Å². The lowest BCUT2D eigenvalue weighted by atomic mass is 9.70. The lowest BCUT2D eigenvalue weighted by Crippen LogP contribution is -2.44. The molecule has 6 heteroatoms. The van der Waals surface area contributed by atoms with Crippen molar-refractivity contribution in [3.63, 3.8) is 0 Å². The molecule has 1 saturated heterocycles. The van der Waals surface area contributed by atoms with Gasteiger partial charge in [-0.05, 0) is 86.1 Å². The highest BCUT2D eigenvalue weighted by molar-refractivity contribution is 6.31. The number of likely N-dealkylation sites (tertiary alicyclic amines) is 1. The Morgan fingerprint density at radius 3 is 2.42 bits per heavy atom. The molecule has 1 aliphatic rings. The maximum Gasteiger partial charge on any atom is 0.223 e. The van der Waals surface area contributed by atoms with E-state index in [2.05, 4.69) is 24.9 Å². The summed E-state index contributed by atoms with van der Waals surface area (Å²) in [4.78, 5) is 17.7. The molecular weight excluding hydrogens is 458 g/mol. The zero-order valence-electron chi connectivity index (χ0n) is 19.4. The van der Waals surface area contributed by atoms with E-state index in [0.29, 0.717) is 11.4 Å². The van der Waals surface area contributed by atoms with Crippen LogP contribution in [0.4, 0.5) is 4.39 Å². The van der Waals surface area contributed by atoms with Gasteiger partial charge >= 0.3 is 0 Å². The van der Waals surface area contributed by atoms with Gasteiger partial charge in [-0.3, -0.25) is 4.79 Å². The molecule has 176 valence electrons. The molecule has 0 aromatic heterocycles. The molecule has 0 bridgehead atoms. The average Bonchev–Trinajstić information content (AvgIpc) is 2.79. The van der Waals surface area contributed by atoms with Crippen LogP contribution in [-0.2, 0) is 10.2 Å². The summed E-state index contributed by atoms with van der Waals surface area (Å²) >= 11 is 6.40. The minimum atomic E-state index is -0.276. The van der Waals surface area contributed by atoms with Crippen LogP contribution in [0.25, 0.3) is 10.8 Å². The fraction of sp³-hybridized carbons (Fsp3) is 0.370. The normalized spacial score (nSPS) is 16.8. The minimum Gasteiger partial charge on any atom is -0.339 e. The number of piperidine rings is 1. The summed E-state index contributed by atoms with van der Waals surface area (Å²) < 4.78 is 13.6. The van der Waals surface area contributed by atoms with Crippen LogP contribution in [-0.4, -0.2) is 42.9 Å². The van der Waals surface area contributed by atoms with Crippen molar-refractivity contribution in [3.8, 4) is 0 Å². The highest BCUT2D eigenvalue weighted by Crippen LogP contribution is 2.40. The molecule has 4 rings (SSSR count). The van der Waals surface area contributed by atoms with E-state index >= 15 is 0 Å². The van der Waals surface area contributed by atoms with E-state index in [1.54, 1.807) is 0 Å². The van der Waals surface area contributed by atoms with Crippen LogP contribution in [0.3, 0.4) is 0 Å². The quantitative estimate of drug-likeness (QED) is 0.402. The summed E-state index contributed by atoms with van der Waals surface area (Å²) in [7, 11) is 3.98. The largest absolute Gasteiger partial charge is 0.339 e. The maximum absolute atomic E-state index is 13.6. The van der Waals surface area contributed by atoms with Gasteiger partial charge in [0, 0.05) is 23.9 Å². The number of halogens is 3. The van der Waals surface area contributed by atoms with Crippen molar-refractivity contribution in [2.75, 3.05) is 27.2 Å². The van der Waals surface area contributed by atoms with E-state index in [1.165, 1.54) is 12.1 Å². The second-order valence-corrected chi connectivity index (χ2v) is 9.60. The standard InChI is InChI=1S/C27H30ClFN2O.ClH/c1-19(25-17-22(28)16-20-6-4-5-7-24(20)25)31(3)26(32)18-27(12-14-30(2)15-13-27)21-8-10-23(29)11-9-21;/h4-11,16-17,19H,12-15,18H2,1-3H3;1H. The maximum atomic E-state index is 13.6. The van der Waals surface area contributed by atoms with E-state index < -0.39 is 0 Å². The van der Waals surface area contributed by atoms with Gasteiger partial charge in [0.25, 0.3) is 0 Å². The predicted molar refractivity (Wildman–Crippen MR) is 137 cm³/mol. The Morgan fingerprint density at radius 2 is 1.76 bits per heavy atom. The van der Waals surface area contributed by atoms with E-state index in [0.717, 1.165) is 47.8 Å². The molecule has 0 saturated carbocycles. The van der Waals surface area contributed by atoms with Crippen molar-refractivity contribution >= 4 is 40.7 Å². The monoisotopic (exact) mass is 488 g/mol. The van der Waals surface area contributed by atoms with Gasteiger partial charge in [-0.2, -0.15) is 0 Å². The van der Waals surface area contributed by atoms with Crippen LogP contribution < -0.4 is 0 Å². The third-order valence-corrected chi connectivity index (χ3v) is 7.39. The summed E-state index contributed by atoms with van der Waals surface area (Å²) in [6, 6.07) is 18.6. The molecule has 1 aliphatic heterocycles. The van der Waals surface area contributed by atoms with Crippen LogP contribution in [0, 0.1) is 5.82 Å². The molecule has 0 spiro atoms. The number of nitrogens with zero attached hydrogens (tertiary/aromatic N) is 2. The molecule has 1 amide bonds. The third kappa shape index (κ3) is 5.34. The van der Waals surface area contributed by atoms with Gasteiger partial charge in [0.15, 0.2) is 0 Å². The summed E-state index contributed by atoms with van der Waals surface area (Å²) in [6.45, 7) is 3.89. The smallest absolute Gasteiger partial charge is 0.223 e. The Morgan fingerprint density at radius 1 is 1.12 bits per heavy atom. The molecule has 3 aromatic carbocycles. The number of hydrogen-bond donors (Lipinski definition) is 0. The average molecular weight is 489 g/mol. The van der Waals surface area contributed by atoms with Crippen LogP contribution in [0.15, 0.2) is 60.7 Å². The van der Waals surface area contributed by atoms with Gasteiger partial charge in [0.2, 0.25) is 5.91 Å². The molecular formula is C27H31Cl2FN2O. The number of rotatable bonds is 5. The number of amides is 1. The molecule has 1 fully saturated rings. The lowest BCUT2D eigenvalue weighted by molar-refractivity contribution is -0.133. The molecule has 0 aliphatic carbocycles. The predicted octanol–water partition coefficient (Wildman–Crippen LogP) is 6.63. The first-order chi connectivity index (χ1) is 15.3. The molecule has 33 heavy (non-hydrogen) atoms. The first kappa shape index (κ1) is 25.5. The topological polar surface area (TPSA) is 23.6 Å². The number of carbonyl (C=O) groups excluding carboxylic acids is 1. The highest BCUT2D eigenvalue weighted by Gasteiger charge is 2.38. The Kier molecular flexibility index (Phi) is 8.04. The second-order valence-electron chi connectivity index (χ2n) is 9.16. The van der Waals surface area contributed by atoms with Crippen molar-refractivity contribution in [1.29, 1.82) is 0 Å². The summed E-state index contributed by atoms with van der Waals surface area (Å²) in [5.41, 5.74) is 1.82. The number of fused-ring (bicyclic) bond motifs is 1. The first-order valence-electron chi connectivity index (χ1n) is 11.2. The van der Waals surface area contributed by atoms with Crippen molar-refractivity contribution in [2.24, 2.45) is 0 Å². The van der Waals surface area contributed by atoms with E-state index in [4.69, 9.17) is 11.6 Å². The first-order valence-corrected chi connectivity index (χ1v) is 11.6. The highest BCUT2D eigenvalue weighted by atomic mass is 35.5. The SMILES string of the molecule is CC(c1cc(Cl)cc2ccccc12)N(C)C(=O)CC1(c2ccc(F)cc2)CCN(C)CC1.Cl. The Hall–Kier alpha value is -2.14. The number of carbonyl (C=O) groups is 1. The van der Waals surface area contributed by atoms with Gasteiger partial charge in [-0.25, -0.2) is 4.39 Å².